The van der Waals surface area contributed by atoms with Crippen LogP contribution in [0.25, 0.3) is 0 Å². The summed E-state index contributed by atoms with van der Waals surface area (Å²) in [4.78, 5) is 34.5. The van der Waals surface area contributed by atoms with E-state index in [-0.39, 0.29) is 11.7 Å². The van der Waals surface area contributed by atoms with Crippen molar-refractivity contribution in [1.29, 1.82) is 0 Å². The molecule has 10 nitrogen and oxygen atoms in total. The van der Waals surface area contributed by atoms with Gasteiger partial charge >= 0.3 is 15.5 Å². The Kier molecular flexibility index (Phi) is 13.0. The first-order valence-electron chi connectivity index (χ1n) is 8.80. The van der Waals surface area contributed by atoms with Crippen molar-refractivity contribution in [3.05, 3.63) is 0 Å². The molecule has 0 fully saturated rings. The van der Waals surface area contributed by atoms with Gasteiger partial charge in [-0.1, -0.05) is 51.4 Å². The molecule has 0 heterocycles. The van der Waals surface area contributed by atoms with Crippen LogP contribution in [0.4, 0.5) is 0 Å². The zero-order valence-corrected chi connectivity index (χ0v) is 16.8. The highest BCUT2D eigenvalue weighted by atomic mass is 31.2. The van der Waals surface area contributed by atoms with Crippen molar-refractivity contribution in [3.63, 3.8) is 0 Å². The molecule has 0 aromatic heterocycles. The molecule has 154 valence electrons. The van der Waals surface area contributed by atoms with Gasteiger partial charge in [-0.2, -0.15) is 9.53 Å². The molecule has 0 saturated heterocycles. The van der Waals surface area contributed by atoms with E-state index >= 15 is 0 Å². The van der Waals surface area contributed by atoms with Crippen LogP contribution in [-0.2, 0) is 9.13 Å². The largest absolute Gasteiger partial charge is 0.450 e. The van der Waals surface area contributed by atoms with Crippen LogP contribution in [0.2, 0.25) is 0 Å². The van der Waals surface area contributed by atoms with Crippen molar-refractivity contribution < 1.29 is 28.7 Å². The number of hydrogen-bond donors (Lipinski definition) is 6. The molecule has 0 aromatic rings. The summed E-state index contributed by atoms with van der Waals surface area (Å²) < 4.78 is 27.5. The van der Waals surface area contributed by atoms with Crippen LogP contribution in [0.1, 0.15) is 77.0 Å². The third-order valence-electron chi connectivity index (χ3n) is 3.63. The average molecular weight is 414 g/mol. The first-order chi connectivity index (χ1) is 12.0. The molecule has 0 aliphatic heterocycles. The van der Waals surface area contributed by atoms with Gasteiger partial charge < -0.3 is 31.0 Å². The van der Waals surface area contributed by atoms with Gasteiger partial charge in [0.2, 0.25) is 0 Å². The van der Waals surface area contributed by atoms with Crippen molar-refractivity contribution in [2.45, 2.75) is 77.0 Å². The van der Waals surface area contributed by atoms with E-state index in [4.69, 9.17) is 31.0 Å². The van der Waals surface area contributed by atoms with Crippen LogP contribution in [-0.4, -0.2) is 31.2 Å². The molecule has 12 heteroatoms. The number of hydrogen-bond acceptors (Lipinski definition) is 2. The quantitative estimate of drug-likeness (QED) is 0.102. The molecule has 0 bridgehead atoms. The van der Waals surface area contributed by atoms with E-state index < -0.39 is 15.5 Å². The lowest BCUT2D eigenvalue weighted by molar-refractivity contribution is 0.372. The highest BCUT2D eigenvalue weighted by Crippen LogP contribution is 2.36. The Hall–Kier alpha value is -0.760. The van der Waals surface area contributed by atoms with Crippen molar-refractivity contribution in [3.8, 4) is 0 Å². The number of nitrogens with two attached hydrogens (primary N) is 2. The minimum Gasteiger partial charge on any atom is -0.387 e. The number of rotatable bonds is 15. The highest BCUT2D eigenvalue weighted by Gasteiger charge is 2.11. The third kappa shape index (κ3) is 19.6. The molecule has 0 aromatic carbocycles. The fourth-order valence-electron chi connectivity index (χ4n) is 2.46. The summed E-state index contributed by atoms with van der Waals surface area (Å²) in [6, 6.07) is 0. The number of nitrogens with zero attached hydrogens (tertiary/aromatic N) is 2. The van der Waals surface area contributed by atoms with Crippen molar-refractivity contribution in [2.75, 3.05) is 0 Å². The van der Waals surface area contributed by atoms with E-state index in [1.807, 2.05) is 0 Å². The fraction of sp³-hybridized carbons (Fsp3) is 0.857. The molecule has 0 aliphatic carbocycles. The Morgan fingerprint density at radius 3 is 1.04 bits per heavy atom. The van der Waals surface area contributed by atoms with E-state index in [1.165, 1.54) is 0 Å². The number of unbranched alkanes of at least 4 members (excludes halogenated alkanes) is 9. The fourth-order valence-corrected chi connectivity index (χ4v) is 3.33. The van der Waals surface area contributed by atoms with Crippen LogP contribution in [0.3, 0.4) is 0 Å². The maximum atomic E-state index is 10.6. The Morgan fingerprint density at radius 1 is 0.577 bits per heavy atom. The van der Waals surface area contributed by atoms with E-state index in [9.17, 15) is 9.13 Å². The van der Waals surface area contributed by atoms with Crippen LogP contribution in [0, 0.1) is 0 Å². The van der Waals surface area contributed by atoms with Crippen LogP contribution < -0.4 is 11.5 Å². The van der Waals surface area contributed by atoms with E-state index in [0.29, 0.717) is 12.8 Å². The topological polar surface area (TPSA) is 192 Å². The van der Waals surface area contributed by atoms with Gasteiger partial charge in [0.1, 0.15) is 11.7 Å². The molecule has 0 atom stereocenters. The van der Waals surface area contributed by atoms with E-state index in [1.54, 1.807) is 0 Å². The summed E-state index contributed by atoms with van der Waals surface area (Å²) >= 11 is 0. The van der Waals surface area contributed by atoms with Gasteiger partial charge in [0.25, 0.3) is 0 Å². The second-order valence-electron chi connectivity index (χ2n) is 6.24. The normalized spacial score (nSPS) is 14.0. The van der Waals surface area contributed by atoms with E-state index in [2.05, 4.69) is 9.53 Å². The maximum absolute atomic E-state index is 10.6. The summed E-state index contributed by atoms with van der Waals surface area (Å²) in [5.41, 5.74) is 10.9. The Balaban J connectivity index is 3.45. The molecule has 0 radical (unpaired) electrons. The second-order valence-corrected chi connectivity index (χ2v) is 8.70. The first-order valence-corrected chi connectivity index (χ1v) is 11.9. The minimum absolute atomic E-state index is 0.00445. The van der Waals surface area contributed by atoms with Gasteiger partial charge in [0.05, 0.1) is 0 Å². The molecular formula is C14H32N4O6P2. The Labute approximate surface area is 154 Å². The highest BCUT2D eigenvalue weighted by molar-refractivity contribution is 7.50. The van der Waals surface area contributed by atoms with Gasteiger partial charge in [-0.15, -0.1) is 0 Å². The Bertz CT molecular complexity index is 496. The SMILES string of the molecule is N/C(CCCCCCCCCCCC/C(N)=N\P(=O)(O)O)=N\P(=O)(O)O. The zero-order chi connectivity index (χ0) is 20.1. The lowest BCUT2D eigenvalue weighted by Crippen LogP contribution is -2.11. The molecule has 0 rings (SSSR count). The van der Waals surface area contributed by atoms with Gasteiger partial charge in [0.15, 0.2) is 0 Å². The van der Waals surface area contributed by atoms with E-state index in [0.717, 1.165) is 64.2 Å². The zero-order valence-electron chi connectivity index (χ0n) is 15.0. The molecule has 0 unspecified atom stereocenters. The molecule has 0 amide bonds. The molecule has 0 aliphatic rings. The molecule has 0 saturated carbocycles. The molecule has 26 heavy (non-hydrogen) atoms. The molecule has 0 spiro atoms. The van der Waals surface area contributed by atoms with Crippen LogP contribution in [0.5, 0.6) is 0 Å². The minimum atomic E-state index is -4.40. The Morgan fingerprint density at radius 2 is 0.808 bits per heavy atom. The maximum Gasteiger partial charge on any atom is 0.450 e. The van der Waals surface area contributed by atoms with Gasteiger partial charge in [-0.3, -0.25) is 0 Å². The summed E-state index contributed by atoms with van der Waals surface area (Å²) in [7, 11) is -8.81. The van der Waals surface area contributed by atoms with Gasteiger partial charge in [-0.05, 0) is 12.8 Å². The first kappa shape index (κ1) is 25.2. The third-order valence-corrected chi connectivity index (χ3v) is 4.67. The average Bonchev–Trinajstić information content (AvgIpc) is 2.44. The summed E-state index contributed by atoms with van der Waals surface area (Å²) in [5.74, 6) is 0.00890. The van der Waals surface area contributed by atoms with Gasteiger partial charge in [-0.25, -0.2) is 9.13 Å². The smallest absolute Gasteiger partial charge is 0.387 e. The lowest BCUT2D eigenvalue weighted by atomic mass is 10.0. The predicted molar refractivity (Wildman–Crippen MR) is 103 cm³/mol. The van der Waals surface area contributed by atoms with Crippen molar-refractivity contribution in [1.82, 2.24) is 0 Å². The predicted octanol–water partition coefficient (Wildman–Crippen LogP) is 2.57. The van der Waals surface area contributed by atoms with Crippen molar-refractivity contribution in [2.24, 2.45) is 21.0 Å². The lowest BCUT2D eigenvalue weighted by Gasteiger charge is -2.04. The summed E-state index contributed by atoms with van der Waals surface area (Å²) in [6.45, 7) is 0. The van der Waals surface area contributed by atoms with Crippen LogP contribution >= 0.6 is 15.5 Å². The second kappa shape index (κ2) is 13.4. The number of amidine groups is 2. The summed E-state index contributed by atoms with van der Waals surface area (Å²) in [6.07, 6.45) is 10.8. The van der Waals surface area contributed by atoms with Crippen molar-refractivity contribution >= 4 is 27.2 Å². The molecule has 8 N–H and O–H groups in total. The van der Waals surface area contributed by atoms with Gasteiger partial charge in [0, 0.05) is 12.8 Å². The van der Waals surface area contributed by atoms with Crippen LogP contribution in [0.15, 0.2) is 9.53 Å². The molecular weight excluding hydrogens is 382 g/mol. The standard InChI is InChI=1S/C14H32N4O6P2/c15-13(17-25(19,20)21)11-9-7-5-3-1-2-4-6-8-10-12-14(16)18-26(22,23)24/h1-12H2,(H4,15,17,19,20,21)(H4,16,18,22,23,24). The monoisotopic (exact) mass is 414 g/mol. The summed E-state index contributed by atoms with van der Waals surface area (Å²) in [5, 5.41) is 0.